The van der Waals surface area contributed by atoms with Crippen LogP contribution in [0.1, 0.15) is 5.56 Å². The molecule has 2 rings (SSSR count). The molecule has 0 aliphatic carbocycles. The summed E-state index contributed by atoms with van der Waals surface area (Å²) in [5, 5.41) is 44.7. The summed E-state index contributed by atoms with van der Waals surface area (Å²) in [6, 6.07) is 4.77. The highest BCUT2D eigenvalue weighted by Gasteiger charge is 2.40. The van der Waals surface area contributed by atoms with E-state index in [1.54, 1.807) is 6.07 Å². The van der Waals surface area contributed by atoms with Gasteiger partial charge in [0.15, 0.2) is 0 Å². The number of carbonyl (C=O) groups excluding carboxylic acids is 1. The van der Waals surface area contributed by atoms with Gasteiger partial charge in [0.25, 0.3) is 5.69 Å². The molecule has 0 radical (unpaired) electrons. The first-order valence-corrected chi connectivity index (χ1v) is 7.36. The first-order chi connectivity index (χ1) is 11.4. The lowest BCUT2D eigenvalue weighted by atomic mass is 10.1. The monoisotopic (exact) mass is 337 g/mol. The van der Waals surface area contributed by atoms with Gasteiger partial charge in [-0.05, 0) is 12.1 Å². The first kappa shape index (κ1) is 18.0. The Morgan fingerprint density at radius 2 is 1.96 bits per heavy atom. The van der Waals surface area contributed by atoms with Gasteiger partial charge in [-0.2, -0.15) is 0 Å². The molecule has 24 heavy (non-hydrogen) atoms. The van der Waals surface area contributed by atoms with E-state index >= 15 is 0 Å². The maximum absolute atomic E-state index is 11.8. The maximum Gasteiger partial charge on any atom is 0.276 e. The second-order valence-electron chi connectivity index (χ2n) is 5.44. The van der Waals surface area contributed by atoms with Crippen LogP contribution in [0.3, 0.4) is 0 Å². The second kappa shape index (κ2) is 7.97. The highest BCUT2D eigenvalue weighted by molar-refractivity contribution is 5.92. The number of nitrogens with one attached hydrogen (secondary N) is 2. The Morgan fingerprint density at radius 3 is 2.58 bits per heavy atom. The molecule has 1 amide bonds. The molecule has 4 atom stereocenters. The number of benzene rings is 1. The Bertz CT molecular complexity index is 635. The van der Waals surface area contributed by atoms with Crippen molar-refractivity contribution in [3.05, 3.63) is 46.0 Å². The van der Waals surface area contributed by atoms with Gasteiger partial charge in [-0.15, -0.1) is 0 Å². The van der Waals surface area contributed by atoms with Gasteiger partial charge in [-0.1, -0.05) is 12.1 Å². The van der Waals surface area contributed by atoms with Gasteiger partial charge in [0.05, 0.1) is 41.4 Å². The Morgan fingerprint density at radius 1 is 1.29 bits per heavy atom. The van der Waals surface area contributed by atoms with E-state index in [1.807, 2.05) is 0 Å². The predicted octanol–water partition coefficient (Wildman–Crippen LogP) is -1.22. The fourth-order valence-electron chi connectivity index (χ4n) is 2.52. The topological polar surface area (TPSA) is 145 Å². The zero-order valence-electron chi connectivity index (χ0n) is 12.7. The molecule has 0 unspecified atom stereocenters. The number of nitrogens with zero attached hydrogens (tertiary/aromatic N) is 1. The minimum Gasteiger partial charge on any atom is -0.395 e. The lowest BCUT2D eigenvalue weighted by Gasteiger charge is -2.15. The van der Waals surface area contributed by atoms with Crippen LogP contribution >= 0.6 is 0 Å². The molecule has 9 nitrogen and oxygen atoms in total. The molecule has 1 aromatic carbocycles. The molecule has 130 valence electrons. The molecule has 1 saturated heterocycles. The molecule has 1 aliphatic heterocycles. The number of amides is 1. The van der Waals surface area contributed by atoms with Crippen molar-refractivity contribution in [2.24, 2.45) is 0 Å². The fourth-order valence-corrected chi connectivity index (χ4v) is 2.52. The average Bonchev–Trinajstić information content (AvgIpc) is 2.85. The first-order valence-electron chi connectivity index (χ1n) is 7.36. The van der Waals surface area contributed by atoms with Crippen LogP contribution in [-0.4, -0.2) is 63.6 Å². The molecule has 0 aromatic heterocycles. The third-order valence-corrected chi connectivity index (χ3v) is 3.84. The summed E-state index contributed by atoms with van der Waals surface area (Å²) in [6.07, 6.45) is 0.266. The smallest absolute Gasteiger partial charge is 0.276 e. The molecule has 0 spiro atoms. The summed E-state index contributed by atoms with van der Waals surface area (Å²) in [5.74, 6) is -0.496. The van der Waals surface area contributed by atoms with Gasteiger partial charge in [0.2, 0.25) is 5.91 Å². The van der Waals surface area contributed by atoms with Crippen LogP contribution < -0.4 is 10.6 Å². The highest BCUT2D eigenvalue weighted by Crippen LogP contribution is 2.18. The van der Waals surface area contributed by atoms with Gasteiger partial charge in [-0.3, -0.25) is 14.9 Å². The molecular formula is C15H19N3O6. The summed E-state index contributed by atoms with van der Waals surface area (Å²) in [7, 11) is 0. The number of nitro benzene ring substituents is 1. The SMILES string of the molecule is O=C(/C=C/c1ccccc1[N+](=O)[O-])NC[C@H]1N[C@H](CO)[C@@H](O)[C@@H]1O. The van der Waals surface area contributed by atoms with Gasteiger partial charge in [0.1, 0.15) is 0 Å². The Labute approximate surface area is 137 Å². The number of nitro groups is 1. The van der Waals surface area contributed by atoms with E-state index in [1.165, 1.54) is 24.3 Å². The minimum atomic E-state index is -1.11. The van der Waals surface area contributed by atoms with Crippen molar-refractivity contribution >= 4 is 17.7 Å². The molecule has 1 heterocycles. The van der Waals surface area contributed by atoms with E-state index in [0.717, 1.165) is 6.08 Å². The molecule has 0 bridgehead atoms. The van der Waals surface area contributed by atoms with Crippen molar-refractivity contribution in [3.8, 4) is 0 Å². The van der Waals surface area contributed by atoms with Crippen LogP contribution in [0.5, 0.6) is 0 Å². The molecule has 5 N–H and O–H groups in total. The van der Waals surface area contributed by atoms with E-state index < -0.39 is 35.1 Å². The largest absolute Gasteiger partial charge is 0.395 e. The van der Waals surface area contributed by atoms with Crippen molar-refractivity contribution in [3.63, 3.8) is 0 Å². The normalized spacial score (nSPS) is 26.6. The quantitative estimate of drug-likeness (QED) is 0.248. The summed E-state index contributed by atoms with van der Waals surface area (Å²) >= 11 is 0. The van der Waals surface area contributed by atoms with Crippen LogP contribution in [0.25, 0.3) is 6.08 Å². The summed E-state index contributed by atoms with van der Waals surface area (Å²) in [4.78, 5) is 22.2. The van der Waals surface area contributed by atoms with Crippen LogP contribution in [0, 0.1) is 10.1 Å². The maximum atomic E-state index is 11.8. The standard InChI is InChI=1S/C15H19N3O6/c19-8-11-15(22)14(21)10(17-11)7-16-13(20)6-5-9-3-1-2-4-12(9)18(23)24/h1-6,10-11,14-15,17,19,21-22H,7-8H2,(H,16,20)/b6-5+/t10-,11-,14-,15-/m1/s1. The van der Waals surface area contributed by atoms with Gasteiger partial charge in [-0.25, -0.2) is 0 Å². The number of aliphatic hydroxyl groups is 3. The predicted molar refractivity (Wildman–Crippen MR) is 85.0 cm³/mol. The fraction of sp³-hybridized carbons (Fsp3) is 0.400. The second-order valence-corrected chi connectivity index (χ2v) is 5.44. The molecule has 1 aliphatic rings. The van der Waals surface area contributed by atoms with Crippen molar-refractivity contribution in [1.29, 1.82) is 0 Å². The van der Waals surface area contributed by atoms with E-state index in [2.05, 4.69) is 10.6 Å². The number of carbonyl (C=O) groups is 1. The van der Waals surface area contributed by atoms with Gasteiger partial charge in [0, 0.05) is 18.7 Å². The molecular weight excluding hydrogens is 318 g/mol. The zero-order chi connectivity index (χ0) is 17.7. The lowest BCUT2D eigenvalue weighted by Crippen LogP contribution is -2.43. The van der Waals surface area contributed by atoms with Crippen LogP contribution in [0.15, 0.2) is 30.3 Å². The third-order valence-electron chi connectivity index (χ3n) is 3.84. The van der Waals surface area contributed by atoms with E-state index in [9.17, 15) is 25.1 Å². The zero-order valence-corrected chi connectivity index (χ0v) is 12.7. The Balaban J connectivity index is 1.91. The molecule has 1 aromatic rings. The molecule has 9 heteroatoms. The molecule has 1 fully saturated rings. The van der Waals surface area contributed by atoms with Crippen molar-refractivity contribution in [2.45, 2.75) is 24.3 Å². The third kappa shape index (κ3) is 4.15. The molecule has 0 saturated carbocycles. The van der Waals surface area contributed by atoms with E-state index in [0.29, 0.717) is 5.56 Å². The van der Waals surface area contributed by atoms with Crippen LogP contribution in [0.2, 0.25) is 0 Å². The van der Waals surface area contributed by atoms with E-state index in [4.69, 9.17) is 5.11 Å². The summed E-state index contributed by atoms with van der Waals surface area (Å²) < 4.78 is 0. The van der Waals surface area contributed by atoms with Crippen molar-refractivity contribution in [2.75, 3.05) is 13.2 Å². The minimum absolute atomic E-state index is 0.0365. The van der Waals surface area contributed by atoms with Gasteiger partial charge < -0.3 is 26.0 Å². The van der Waals surface area contributed by atoms with Gasteiger partial charge >= 0.3 is 0 Å². The lowest BCUT2D eigenvalue weighted by molar-refractivity contribution is -0.385. The summed E-state index contributed by atoms with van der Waals surface area (Å²) in [6.45, 7) is -0.297. The van der Waals surface area contributed by atoms with Crippen LogP contribution in [-0.2, 0) is 4.79 Å². The Hall–Kier alpha value is -2.33. The van der Waals surface area contributed by atoms with Crippen molar-refractivity contribution in [1.82, 2.24) is 10.6 Å². The number of para-hydroxylation sites is 1. The number of hydrogen-bond donors (Lipinski definition) is 5. The number of rotatable bonds is 6. The van der Waals surface area contributed by atoms with Crippen molar-refractivity contribution < 1.29 is 25.0 Å². The summed E-state index contributed by atoms with van der Waals surface area (Å²) in [5.41, 5.74) is 0.191. The highest BCUT2D eigenvalue weighted by atomic mass is 16.6. The number of hydrogen-bond acceptors (Lipinski definition) is 7. The Kier molecular flexibility index (Phi) is 5.99. The number of aliphatic hydroxyl groups excluding tert-OH is 3. The average molecular weight is 337 g/mol. The van der Waals surface area contributed by atoms with Crippen LogP contribution in [0.4, 0.5) is 5.69 Å². The van der Waals surface area contributed by atoms with E-state index in [-0.39, 0.29) is 18.8 Å².